The molecule has 16 heteroatoms. The number of nitrogens with zero attached hydrogens (tertiary/aromatic N) is 3. The molecule has 3 amide bonds. The molecule has 1 aliphatic carbocycles. The fourth-order valence-electron chi connectivity index (χ4n) is 9.54. The van der Waals surface area contributed by atoms with Crippen molar-refractivity contribution in [2.75, 3.05) is 31.1 Å². The second-order valence-corrected chi connectivity index (χ2v) is 21.5. The molecule has 0 saturated heterocycles. The van der Waals surface area contributed by atoms with E-state index in [1.807, 2.05) is 26.0 Å². The summed E-state index contributed by atoms with van der Waals surface area (Å²) < 4.78 is 77.4. The number of nitrogens with one attached hydrogen (secondary N) is 1. The van der Waals surface area contributed by atoms with E-state index >= 15 is 0 Å². The average molecular weight is 966 g/mol. The normalized spacial score (nSPS) is 19.0. The minimum absolute atomic E-state index is 0.0989. The number of amides is 3. The van der Waals surface area contributed by atoms with E-state index in [9.17, 15) is 40.3 Å². The SMILES string of the molecule is CCCC[N+]1=C(C=CC2=C(Oc3ccc(S(=O)(=O)O)cc3)C(=CC=C3N(CCCCCC(=O)NCCN4C(=O)C=CC4=O)c4ccc(S(=O)(=O)O)cc4C3(C)C)CCC2)C(C)(C)c2ccccc21. The molecule has 4 aliphatic rings. The zero-order valence-electron chi connectivity index (χ0n) is 39.3. The first-order chi connectivity index (χ1) is 32.2. The van der Waals surface area contributed by atoms with E-state index in [0.717, 1.165) is 58.8 Å². The maximum absolute atomic E-state index is 12.6. The van der Waals surface area contributed by atoms with Crippen molar-refractivity contribution in [2.24, 2.45) is 0 Å². The van der Waals surface area contributed by atoms with Gasteiger partial charge in [-0.15, -0.1) is 0 Å². The number of allylic oxidation sites excluding steroid dienone is 7. The lowest BCUT2D eigenvalue weighted by Gasteiger charge is -2.27. The maximum Gasteiger partial charge on any atom is 0.294 e. The van der Waals surface area contributed by atoms with Gasteiger partial charge in [0.2, 0.25) is 11.6 Å². The Bertz CT molecular complexity index is 2890. The van der Waals surface area contributed by atoms with Gasteiger partial charge in [-0.25, -0.2) is 0 Å². The number of fused-ring (bicyclic) bond motifs is 2. The van der Waals surface area contributed by atoms with Crippen molar-refractivity contribution in [1.82, 2.24) is 10.2 Å². The molecule has 68 heavy (non-hydrogen) atoms. The molecule has 0 radical (unpaired) electrons. The van der Waals surface area contributed by atoms with Crippen LogP contribution in [0.15, 0.2) is 136 Å². The molecule has 0 atom stereocenters. The zero-order valence-corrected chi connectivity index (χ0v) is 41.0. The summed E-state index contributed by atoms with van der Waals surface area (Å²) in [5.74, 6) is 0.0406. The van der Waals surface area contributed by atoms with E-state index in [4.69, 9.17) is 4.74 Å². The lowest BCUT2D eigenvalue weighted by molar-refractivity contribution is -0.438. The number of hydrogen-bond acceptors (Lipinski definition) is 9. The highest BCUT2D eigenvalue weighted by Gasteiger charge is 2.44. The Hall–Kier alpha value is -5.94. The molecule has 0 unspecified atom stereocenters. The summed E-state index contributed by atoms with van der Waals surface area (Å²) in [4.78, 5) is 39.1. The lowest BCUT2D eigenvalue weighted by atomic mass is 9.81. The van der Waals surface area contributed by atoms with Gasteiger partial charge in [-0.1, -0.05) is 57.9 Å². The van der Waals surface area contributed by atoms with Gasteiger partial charge >= 0.3 is 0 Å². The van der Waals surface area contributed by atoms with Gasteiger partial charge in [0.05, 0.1) is 15.2 Å². The number of carbonyl (C=O) groups excluding carboxylic acids is 3. The standard InChI is InChI=1S/C52H60N4O10S2/c1-6-7-32-54-43-17-11-10-16-41(43)51(2,3)45(54)27-19-36-14-13-15-37(50(36)66-38-21-23-39(24-22-38)67(60,61)62)20-28-46-52(4,5)42-35-40(68(63,64)65)25-26-44(42)55(46)33-12-8-9-18-47(57)53-31-34-56-48(58)29-30-49(56)59/h10-11,16-17,19-30,35H,6-9,12-15,18,31-34H2,1-5H3,(H2-,53,57,60,61,62,63,64,65)/p+1. The van der Waals surface area contributed by atoms with Crippen molar-refractivity contribution in [1.29, 1.82) is 0 Å². The van der Waals surface area contributed by atoms with Crippen molar-refractivity contribution in [3.05, 3.63) is 137 Å². The Balaban J connectivity index is 1.20. The van der Waals surface area contributed by atoms with Crippen LogP contribution >= 0.6 is 0 Å². The molecule has 0 aromatic heterocycles. The summed E-state index contributed by atoms with van der Waals surface area (Å²) in [5.41, 5.74) is 6.92. The summed E-state index contributed by atoms with van der Waals surface area (Å²) in [5, 5.41) is 2.78. The van der Waals surface area contributed by atoms with Crippen molar-refractivity contribution < 1.29 is 49.6 Å². The number of ether oxygens (including phenoxy) is 1. The van der Waals surface area contributed by atoms with Crippen molar-refractivity contribution in [3.63, 3.8) is 0 Å². The maximum atomic E-state index is 12.6. The Labute approximate surface area is 400 Å². The molecule has 360 valence electrons. The summed E-state index contributed by atoms with van der Waals surface area (Å²) >= 11 is 0. The van der Waals surface area contributed by atoms with Crippen LogP contribution in [0.4, 0.5) is 11.4 Å². The van der Waals surface area contributed by atoms with E-state index < -0.39 is 37.5 Å². The first-order valence-electron chi connectivity index (χ1n) is 23.2. The average Bonchev–Trinajstić information content (AvgIpc) is 3.81. The van der Waals surface area contributed by atoms with Gasteiger partial charge in [-0.05, 0) is 117 Å². The van der Waals surface area contributed by atoms with Crippen LogP contribution < -0.4 is 15.0 Å². The van der Waals surface area contributed by atoms with E-state index in [0.29, 0.717) is 50.2 Å². The predicted molar refractivity (Wildman–Crippen MR) is 261 cm³/mol. The highest BCUT2D eigenvalue weighted by Crippen LogP contribution is 2.49. The van der Waals surface area contributed by atoms with Crippen LogP contribution in [0.3, 0.4) is 0 Å². The molecule has 3 aliphatic heterocycles. The topological polar surface area (TPSA) is 191 Å². The number of unbranched alkanes of at least 4 members (excludes halogenated alkanes) is 3. The number of benzene rings is 3. The van der Waals surface area contributed by atoms with Crippen LogP contribution in [0, 0.1) is 0 Å². The van der Waals surface area contributed by atoms with E-state index in [2.05, 4.69) is 72.0 Å². The number of imide groups is 1. The second kappa shape index (κ2) is 20.3. The van der Waals surface area contributed by atoms with E-state index in [-0.39, 0.29) is 40.6 Å². The third-order valence-corrected chi connectivity index (χ3v) is 15.0. The van der Waals surface area contributed by atoms with Crippen LogP contribution in [-0.4, -0.2) is 85.0 Å². The summed E-state index contributed by atoms with van der Waals surface area (Å²) in [6.07, 6.45) is 17.4. The highest BCUT2D eigenvalue weighted by molar-refractivity contribution is 7.86. The minimum Gasteiger partial charge on any atom is -0.457 e. The van der Waals surface area contributed by atoms with Gasteiger partial charge in [-0.3, -0.25) is 28.4 Å². The van der Waals surface area contributed by atoms with Crippen molar-refractivity contribution in [2.45, 2.75) is 113 Å². The molecule has 3 N–H and O–H groups in total. The van der Waals surface area contributed by atoms with Crippen LogP contribution in [0.5, 0.6) is 5.75 Å². The lowest BCUT2D eigenvalue weighted by Crippen LogP contribution is -2.38. The summed E-state index contributed by atoms with van der Waals surface area (Å²) in [7, 11) is -8.92. The molecular weight excluding hydrogens is 905 g/mol. The van der Waals surface area contributed by atoms with Gasteiger partial charge in [-0.2, -0.15) is 21.4 Å². The molecular formula is C52H61N4O10S2+. The zero-order chi connectivity index (χ0) is 49.0. The van der Waals surface area contributed by atoms with Gasteiger partial charge in [0, 0.05) is 79.1 Å². The number of rotatable bonds is 19. The molecule has 14 nitrogen and oxygen atoms in total. The van der Waals surface area contributed by atoms with Crippen molar-refractivity contribution in [3.8, 4) is 5.75 Å². The Morgan fingerprint density at radius 1 is 0.779 bits per heavy atom. The van der Waals surface area contributed by atoms with Crippen LogP contribution in [0.2, 0.25) is 0 Å². The third kappa shape index (κ3) is 10.8. The molecule has 3 aromatic rings. The first-order valence-corrected chi connectivity index (χ1v) is 26.1. The molecule has 0 bridgehead atoms. The van der Waals surface area contributed by atoms with Gasteiger partial charge < -0.3 is 15.0 Å². The van der Waals surface area contributed by atoms with Gasteiger partial charge in [0.15, 0.2) is 5.71 Å². The van der Waals surface area contributed by atoms with E-state index in [1.54, 1.807) is 6.07 Å². The first kappa shape index (κ1) is 50.0. The van der Waals surface area contributed by atoms with Crippen LogP contribution in [0.25, 0.3) is 0 Å². The minimum atomic E-state index is -4.49. The fraction of sp³-hybridized carbons (Fsp3) is 0.385. The molecule has 0 saturated carbocycles. The monoisotopic (exact) mass is 965 g/mol. The third-order valence-electron chi connectivity index (χ3n) is 13.2. The number of anilines is 1. The molecule has 0 fully saturated rings. The Morgan fingerprint density at radius 2 is 1.47 bits per heavy atom. The smallest absolute Gasteiger partial charge is 0.294 e. The summed E-state index contributed by atoms with van der Waals surface area (Å²) in [6.45, 7) is 12.4. The molecule has 0 spiro atoms. The van der Waals surface area contributed by atoms with Gasteiger partial charge in [0.25, 0.3) is 32.1 Å². The highest BCUT2D eigenvalue weighted by atomic mass is 32.2. The quantitative estimate of drug-likeness (QED) is 0.0451. The number of carbonyl (C=O) groups is 3. The molecule has 3 heterocycles. The second-order valence-electron chi connectivity index (χ2n) is 18.6. The predicted octanol–water partition coefficient (Wildman–Crippen LogP) is 8.64. The van der Waals surface area contributed by atoms with E-state index in [1.165, 1.54) is 65.5 Å². The Kier molecular flexibility index (Phi) is 14.9. The number of para-hydroxylation sites is 1. The largest absolute Gasteiger partial charge is 0.457 e. The fourth-order valence-corrected chi connectivity index (χ4v) is 10.5. The number of hydrogen-bond donors (Lipinski definition) is 3. The molecule has 3 aromatic carbocycles. The summed E-state index contributed by atoms with van der Waals surface area (Å²) in [6, 6.07) is 18.8. The van der Waals surface area contributed by atoms with Crippen LogP contribution in [0.1, 0.15) is 104 Å². The Morgan fingerprint density at radius 3 is 2.16 bits per heavy atom. The molecule has 7 rings (SSSR count). The van der Waals surface area contributed by atoms with Crippen LogP contribution in [-0.2, 0) is 45.4 Å². The van der Waals surface area contributed by atoms with Crippen molar-refractivity contribution >= 4 is 55.0 Å². The van der Waals surface area contributed by atoms with Gasteiger partial charge in [0.1, 0.15) is 18.1 Å².